The molecule has 2 heterocycles. The molecule has 96 valence electrons. The number of nitrogens with zero attached hydrogens (tertiary/aromatic N) is 3. The van der Waals surface area contributed by atoms with Crippen LogP contribution in [0.2, 0.25) is 0 Å². The fraction of sp³-hybridized carbons (Fsp3) is 0.429. The summed E-state index contributed by atoms with van der Waals surface area (Å²) in [6.07, 6.45) is 4.63. The van der Waals surface area contributed by atoms with Crippen LogP contribution in [0.1, 0.15) is 28.6 Å². The van der Waals surface area contributed by atoms with Crippen LogP contribution in [0, 0.1) is 13.8 Å². The third-order valence-corrected chi connectivity index (χ3v) is 3.45. The number of likely N-dealkylation sites (N-methyl/N-ethyl adjacent to an activating group) is 1. The van der Waals surface area contributed by atoms with E-state index >= 15 is 0 Å². The van der Waals surface area contributed by atoms with E-state index in [0.717, 1.165) is 12.1 Å². The highest BCUT2D eigenvalue weighted by Gasteiger charge is 2.18. The Kier molecular flexibility index (Phi) is 3.77. The molecule has 0 fully saturated rings. The zero-order valence-electron chi connectivity index (χ0n) is 11.4. The van der Waals surface area contributed by atoms with Crippen molar-refractivity contribution in [2.75, 3.05) is 7.05 Å². The third-order valence-electron chi connectivity index (χ3n) is 3.45. The number of aryl methyl sites for hydroxylation is 2. The van der Waals surface area contributed by atoms with Gasteiger partial charge in [-0.2, -0.15) is 5.10 Å². The Morgan fingerprint density at radius 3 is 2.44 bits per heavy atom. The number of rotatable bonds is 4. The standard InChI is InChI=1S/C14H20N4/c1-10-14(11(2)18(4)17-10)13(15-3)9-12-5-7-16-8-6-12/h5-8,13,15H,9H2,1-4H3. The van der Waals surface area contributed by atoms with Crippen molar-refractivity contribution in [2.45, 2.75) is 26.3 Å². The summed E-state index contributed by atoms with van der Waals surface area (Å²) in [5.41, 5.74) is 4.91. The second kappa shape index (κ2) is 5.31. The minimum atomic E-state index is 0.293. The van der Waals surface area contributed by atoms with Crippen LogP contribution in [0.25, 0.3) is 0 Å². The lowest BCUT2D eigenvalue weighted by Gasteiger charge is -2.17. The Morgan fingerprint density at radius 1 is 1.28 bits per heavy atom. The highest BCUT2D eigenvalue weighted by atomic mass is 15.3. The van der Waals surface area contributed by atoms with Gasteiger partial charge in [-0.15, -0.1) is 0 Å². The van der Waals surface area contributed by atoms with Gasteiger partial charge in [-0.1, -0.05) is 0 Å². The molecule has 4 heteroatoms. The number of hydrogen-bond acceptors (Lipinski definition) is 3. The van der Waals surface area contributed by atoms with Crippen molar-refractivity contribution in [2.24, 2.45) is 7.05 Å². The molecule has 0 saturated heterocycles. The molecule has 1 unspecified atom stereocenters. The Balaban J connectivity index is 2.29. The molecule has 0 aliphatic heterocycles. The quantitative estimate of drug-likeness (QED) is 0.893. The van der Waals surface area contributed by atoms with Gasteiger partial charge in [-0.25, -0.2) is 0 Å². The van der Waals surface area contributed by atoms with Gasteiger partial charge in [-0.3, -0.25) is 9.67 Å². The van der Waals surface area contributed by atoms with E-state index in [2.05, 4.69) is 41.4 Å². The van der Waals surface area contributed by atoms with Gasteiger partial charge in [0, 0.05) is 36.7 Å². The van der Waals surface area contributed by atoms with Gasteiger partial charge in [-0.05, 0) is 45.0 Å². The van der Waals surface area contributed by atoms with Gasteiger partial charge in [0.15, 0.2) is 0 Å². The third kappa shape index (κ3) is 2.43. The largest absolute Gasteiger partial charge is 0.313 e. The maximum atomic E-state index is 4.49. The van der Waals surface area contributed by atoms with Crippen molar-refractivity contribution >= 4 is 0 Å². The van der Waals surface area contributed by atoms with Gasteiger partial charge >= 0.3 is 0 Å². The molecule has 0 amide bonds. The first-order valence-corrected chi connectivity index (χ1v) is 6.19. The van der Waals surface area contributed by atoms with Crippen LogP contribution in [0.15, 0.2) is 24.5 Å². The highest BCUT2D eigenvalue weighted by Crippen LogP contribution is 2.24. The first-order chi connectivity index (χ1) is 8.63. The summed E-state index contributed by atoms with van der Waals surface area (Å²) < 4.78 is 1.95. The highest BCUT2D eigenvalue weighted by molar-refractivity contribution is 5.30. The number of pyridine rings is 1. The monoisotopic (exact) mass is 244 g/mol. The second-order valence-electron chi connectivity index (χ2n) is 4.61. The van der Waals surface area contributed by atoms with Gasteiger partial charge < -0.3 is 5.32 Å². The lowest BCUT2D eigenvalue weighted by Crippen LogP contribution is -2.20. The van der Waals surface area contributed by atoms with Crippen LogP contribution < -0.4 is 5.32 Å². The molecule has 1 atom stereocenters. The number of nitrogens with one attached hydrogen (secondary N) is 1. The van der Waals surface area contributed by atoms with Gasteiger partial charge in [0.25, 0.3) is 0 Å². The first-order valence-electron chi connectivity index (χ1n) is 6.19. The minimum absolute atomic E-state index is 0.293. The van der Waals surface area contributed by atoms with E-state index in [4.69, 9.17) is 0 Å². The number of aromatic nitrogens is 3. The fourth-order valence-electron chi connectivity index (χ4n) is 2.40. The summed E-state index contributed by atoms with van der Waals surface area (Å²) >= 11 is 0. The molecule has 4 nitrogen and oxygen atoms in total. The van der Waals surface area contributed by atoms with E-state index in [0.29, 0.717) is 6.04 Å². The second-order valence-corrected chi connectivity index (χ2v) is 4.61. The van der Waals surface area contributed by atoms with E-state index in [1.165, 1.54) is 16.8 Å². The maximum Gasteiger partial charge on any atom is 0.0644 e. The molecule has 0 radical (unpaired) electrons. The Hall–Kier alpha value is -1.68. The van der Waals surface area contributed by atoms with Crippen molar-refractivity contribution in [1.82, 2.24) is 20.1 Å². The van der Waals surface area contributed by atoms with Crippen LogP contribution in [0.3, 0.4) is 0 Å². The molecular formula is C14H20N4. The van der Waals surface area contributed by atoms with Crippen LogP contribution >= 0.6 is 0 Å². The summed E-state index contributed by atoms with van der Waals surface area (Å²) in [7, 11) is 3.99. The molecule has 0 aliphatic carbocycles. The van der Waals surface area contributed by atoms with Crippen LogP contribution in [0.4, 0.5) is 0 Å². The molecule has 2 aromatic heterocycles. The average molecular weight is 244 g/mol. The molecule has 0 aliphatic rings. The van der Waals surface area contributed by atoms with Gasteiger partial charge in [0.2, 0.25) is 0 Å². The molecule has 18 heavy (non-hydrogen) atoms. The molecule has 2 rings (SSSR count). The Morgan fingerprint density at radius 2 is 1.94 bits per heavy atom. The van der Waals surface area contributed by atoms with E-state index < -0.39 is 0 Å². The van der Waals surface area contributed by atoms with Crippen molar-refractivity contribution in [1.29, 1.82) is 0 Å². The predicted molar refractivity (Wildman–Crippen MR) is 72.4 cm³/mol. The summed E-state index contributed by atoms with van der Waals surface area (Å²) in [5.74, 6) is 0. The molecule has 1 N–H and O–H groups in total. The lowest BCUT2D eigenvalue weighted by molar-refractivity contribution is 0.584. The van der Waals surface area contributed by atoms with Crippen molar-refractivity contribution in [3.8, 4) is 0 Å². The smallest absolute Gasteiger partial charge is 0.0644 e. The predicted octanol–water partition coefficient (Wildman–Crippen LogP) is 1.94. The summed E-state index contributed by atoms with van der Waals surface area (Å²) in [4.78, 5) is 4.05. The van der Waals surface area contributed by atoms with Crippen LogP contribution in [-0.2, 0) is 13.5 Å². The van der Waals surface area contributed by atoms with E-state index in [-0.39, 0.29) is 0 Å². The average Bonchev–Trinajstić information content (AvgIpc) is 2.62. The molecular weight excluding hydrogens is 224 g/mol. The normalized spacial score (nSPS) is 12.7. The van der Waals surface area contributed by atoms with Crippen LogP contribution in [0.5, 0.6) is 0 Å². The van der Waals surface area contributed by atoms with Crippen LogP contribution in [-0.4, -0.2) is 21.8 Å². The zero-order valence-corrected chi connectivity index (χ0v) is 11.4. The SMILES string of the molecule is CNC(Cc1ccncc1)c1c(C)nn(C)c1C. The molecule has 0 aromatic carbocycles. The van der Waals surface area contributed by atoms with E-state index in [1.807, 2.05) is 31.2 Å². The number of hydrogen-bond donors (Lipinski definition) is 1. The first kappa shape index (κ1) is 12.8. The van der Waals surface area contributed by atoms with Crippen molar-refractivity contribution in [3.63, 3.8) is 0 Å². The minimum Gasteiger partial charge on any atom is -0.313 e. The summed E-state index contributed by atoms with van der Waals surface area (Å²) in [5, 5.41) is 7.87. The maximum absolute atomic E-state index is 4.49. The van der Waals surface area contributed by atoms with E-state index in [9.17, 15) is 0 Å². The fourth-order valence-corrected chi connectivity index (χ4v) is 2.40. The van der Waals surface area contributed by atoms with E-state index in [1.54, 1.807) is 0 Å². The van der Waals surface area contributed by atoms with Gasteiger partial charge in [0.05, 0.1) is 5.69 Å². The molecule has 2 aromatic rings. The van der Waals surface area contributed by atoms with Crippen molar-refractivity contribution in [3.05, 3.63) is 47.0 Å². The Labute approximate surface area is 108 Å². The zero-order chi connectivity index (χ0) is 13.1. The molecule has 0 spiro atoms. The topological polar surface area (TPSA) is 42.7 Å². The molecule has 0 bridgehead atoms. The lowest BCUT2D eigenvalue weighted by atomic mass is 9.98. The summed E-state index contributed by atoms with van der Waals surface area (Å²) in [6, 6.07) is 4.41. The van der Waals surface area contributed by atoms with Crippen molar-refractivity contribution < 1.29 is 0 Å². The van der Waals surface area contributed by atoms with Gasteiger partial charge in [0.1, 0.15) is 0 Å². The summed E-state index contributed by atoms with van der Waals surface area (Å²) in [6.45, 7) is 4.19. The Bertz CT molecular complexity index is 516. The molecule has 0 saturated carbocycles.